The van der Waals surface area contributed by atoms with Crippen molar-refractivity contribution in [1.82, 2.24) is 20.2 Å². The van der Waals surface area contributed by atoms with Crippen molar-refractivity contribution < 1.29 is 14.6 Å². The van der Waals surface area contributed by atoms with Crippen LogP contribution >= 0.6 is 0 Å². The number of aryl methyl sites for hydroxylation is 1. The summed E-state index contributed by atoms with van der Waals surface area (Å²) in [5.74, 6) is 0.394. The van der Waals surface area contributed by atoms with Crippen LogP contribution in [0.15, 0.2) is 30.6 Å². The van der Waals surface area contributed by atoms with Crippen molar-refractivity contribution in [3.05, 3.63) is 41.9 Å². The van der Waals surface area contributed by atoms with Crippen LogP contribution in [0.2, 0.25) is 0 Å². The summed E-state index contributed by atoms with van der Waals surface area (Å²) >= 11 is 0. The Kier molecular flexibility index (Phi) is 3.72. The lowest BCUT2D eigenvalue weighted by atomic mass is 10.2. The molecule has 2 N–H and O–H groups in total. The van der Waals surface area contributed by atoms with Gasteiger partial charge in [0, 0.05) is 13.0 Å². The Labute approximate surface area is 143 Å². The molecular weight excluding hydrogens is 322 g/mol. The molecule has 8 heteroatoms. The summed E-state index contributed by atoms with van der Waals surface area (Å²) in [5, 5.41) is 16.3. The summed E-state index contributed by atoms with van der Waals surface area (Å²) in [5.41, 5.74) is 2.71. The Bertz CT molecular complexity index is 939. The maximum absolute atomic E-state index is 11.1. The largest absolute Gasteiger partial charge is 0.488 e. The van der Waals surface area contributed by atoms with E-state index in [0.717, 1.165) is 35.5 Å². The third-order valence-electron chi connectivity index (χ3n) is 4.32. The van der Waals surface area contributed by atoms with E-state index in [2.05, 4.69) is 25.1 Å². The zero-order chi connectivity index (χ0) is 17.4. The van der Waals surface area contributed by atoms with E-state index in [1.54, 1.807) is 30.6 Å². The number of anilines is 1. The van der Waals surface area contributed by atoms with Crippen LogP contribution in [0.3, 0.4) is 0 Å². The van der Waals surface area contributed by atoms with Crippen LogP contribution < -0.4 is 9.64 Å². The number of aromatic carboxylic acids is 1. The molecule has 0 aliphatic carbocycles. The van der Waals surface area contributed by atoms with Crippen LogP contribution in [0.1, 0.15) is 22.5 Å². The quantitative estimate of drug-likeness (QED) is 0.749. The van der Waals surface area contributed by atoms with Gasteiger partial charge in [-0.2, -0.15) is 5.10 Å². The number of aromatic amines is 1. The Balaban J connectivity index is 1.51. The molecule has 0 radical (unpaired) electrons. The number of H-pyrrole nitrogens is 1. The number of hydrogen-bond donors (Lipinski definition) is 2. The van der Waals surface area contributed by atoms with E-state index in [0.29, 0.717) is 12.3 Å². The Morgan fingerprint density at radius 1 is 1.36 bits per heavy atom. The van der Waals surface area contributed by atoms with Crippen LogP contribution in [0, 0.1) is 6.92 Å². The summed E-state index contributed by atoms with van der Waals surface area (Å²) < 4.78 is 5.96. The number of nitrogens with zero attached hydrogens (tertiary/aromatic N) is 4. The summed E-state index contributed by atoms with van der Waals surface area (Å²) in [6.45, 7) is 3.38. The van der Waals surface area contributed by atoms with E-state index in [9.17, 15) is 4.79 Å². The highest BCUT2D eigenvalue weighted by Crippen LogP contribution is 2.27. The molecule has 0 saturated carbocycles. The molecule has 1 fully saturated rings. The van der Waals surface area contributed by atoms with Gasteiger partial charge in [-0.3, -0.25) is 5.10 Å². The molecule has 0 amide bonds. The fourth-order valence-electron chi connectivity index (χ4n) is 3.08. The lowest BCUT2D eigenvalue weighted by Gasteiger charge is -2.18. The summed E-state index contributed by atoms with van der Waals surface area (Å²) in [4.78, 5) is 21.8. The van der Waals surface area contributed by atoms with Crippen LogP contribution in [-0.2, 0) is 0 Å². The zero-order valence-electron chi connectivity index (χ0n) is 13.6. The topological polar surface area (TPSA) is 104 Å². The standard InChI is InChI=1S/C17H17N5O3/c1-10-14-15(21-20-10)16(19-9-18-14)22-6-5-13(8-22)25-12-4-2-3-11(7-12)17(23)24/h2-4,7,9,13H,5-6,8H2,1H3,(H,20,21)(H,23,24). The van der Waals surface area contributed by atoms with Gasteiger partial charge in [-0.05, 0) is 25.1 Å². The number of carboxylic acids is 1. The van der Waals surface area contributed by atoms with Crippen LogP contribution in [0.4, 0.5) is 5.82 Å². The molecular formula is C17H17N5O3. The molecule has 1 unspecified atom stereocenters. The first kappa shape index (κ1) is 15.4. The minimum absolute atomic E-state index is 0.0332. The number of carbonyl (C=O) groups is 1. The van der Waals surface area contributed by atoms with Gasteiger partial charge in [-0.15, -0.1) is 0 Å². The zero-order valence-corrected chi connectivity index (χ0v) is 13.6. The van der Waals surface area contributed by atoms with Gasteiger partial charge in [0.2, 0.25) is 0 Å². The molecule has 1 aliphatic heterocycles. The lowest BCUT2D eigenvalue weighted by Crippen LogP contribution is -2.25. The molecule has 3 aromatic rings. The number of carboxylic acid groups (broad SMARTS) is 1. The predicted molar refractivity (Wildman–Crippen MR) is 91.1 cm³/mol. The van der Waals surface area contributed by atoms with Gasteiger partial charge < -0.3 is 14.7 Å². The number of hydrogen-bond acceptors (Lipinski definition) is 6. The monoisotopic (exact) mass is 339 g/mol. The molecule has 128 valence electrons. The average Bonchev–Trinajstić information content (AvgIpc) is 3.22. The molecule has 4 rings (SSSR count). The van der Waals surface area contributed by atoms with Crippen molar-refractivity contribution in [2.24, 2.45) is 0 Å². The predicted octanol–water partition coefficient (Wildman–Crippen LogP) is 2.02. The number of rotatable bonds is 4. The number of aromatic nitrogens is 4. The van der Waals surface area contributed by atoms with Crippen molar-refractivity contribution in [2.75, 3.05) is 18.0 Å². The van der Waals surface area contributed by atoms with E-state index < -0.39 is 5.97 Å². The maximum Gasteiger partial charge on any atom is 0.335 e. The van der Waals surface area contributed by atoms with Gasteiger partial charge >= 0.3 is 5.97 Å². The first-order chi connectivity index (χ1) is 12.1. The molecule has 2 aromatic heterocycles. The Hall–Kier alpha value is -3.16. The molecule has 0 spiro atoms. The van der Waals surface area contributed by atoms with Crippen molar-refractivity contribution in [3.63, 3.8) is 0 Å². The van der Waals surface area contributed by atoms with Crippen molar-refractivity contribution in [3.8, 4) is 5.75 Å². The molecule has 8 nitrogen and oxygen atoms in total. The molecule has 0 bridgehead atoms. The fraction of sp³-hybridized carbons (Fsp3) is 0.294. The van der Waals surface area contributed by atoms with E-state index in [1.165, 1.54) is 0 Å². The first-order valence-electron chi connectivity index (χ1n) is 8.02. The Morgan fingerprint density at radius 2 is 2.24 bits per heavy atom. The first-order valence-corrected chi connectivity index (χ1v) is 8.02. The highest BCUT2D eigenvalue weighted by atomic mass is 16.5. The van der Waals surface area contributed by atoms with Gasteiger partial charge in [0.05, 0.1) is 17.8 Å². The smallest absolute Gasteiger partial charge is 0.335 e. The minimum atomic E-state index is -0.962. The SMILES string of the molecule is Cc1[nH]nc2c(N3CCC(Oc4cccc(C(=O)O)c4)C3)ncnc12. The van der Waals surface area contributed by atoms with Gasteiger partial charge in [0.15, 0.2) is 11.3 Å². The fourth-order valence-corrected chi connectivity index (χ4v) is 3.08. The van der Waals surface area contributed by atoms with Gasteiger partial charge in [-0.25, -0.2) is 14.8 Å². The summed E-state index contributed by atoms with van der Waals surface area (Å²) in [7, 11) is 0. The van der Waals surface area contributed by atoms with E-state index in [4.69, 9.17) is 9.84 Å². The maximum atomic E-state index is 11.1. The molecule has 3 heterocycles. The second-order valence-corrected chi connectivity index (χ2v) is 6.05. The number of nitrogens with one attached hydrogen (secondary N) is 1. The summed E-state index contributed by atoms with van der Waals surface area (Å²) in [6, 6.07) is 6.56. The number of ether oxygens (including phenoxy) is 1. The molecule has 1 aliphatic rings. The third-order valence-corrected chi connectivity index (χ3v) is 4.32. The van der Waals surface area contributed by atoms with Gasteiger partial charge in [-0.1, -0.05) is 6.07 Å². The van der Waals surface area contributed by atoms with E-state index in [-0.39, 0.29) is 11.7 Å². The van der Waals surface area contributed by atoms with E-state index >= 15 is 0 Å². The normalized spacial score (nSPS) is 17.2. The number of benzene rings is 1. The van der Waals surface area contributed by atoms with Gasteiger partial charge in [0.1, 0.15) is 23.7 Å². The van der Waals surface area contributed by atoms with Crippen molar-refractivity contribution in [1.29, 1.82) is 0 Å². The van der Waals surface area contributed by atoms with Crippen LogP contribution in [-0.4, -0.2) is 50.4 Å². The third kappa shape index (κ3) is 2.86. The minimum Gasteiger partial charge on any atom is -0.488 e. The Morgan fingerprint density at radius 3 is 3.08 bits per heavy atom. The number of fused-ring (bicyclic) bond motifs is 1. The highest BCUT2D eigenvalue weighted by Gasteiger charge is 2.27. The second kappa shape index (κ2) is 6.04. The van der Waals surface area contributed by atoms with Crippen LogP contribution in [0.25, 0.3) is 11.0 Å². The average molecular weight is 339 g/mol. The van der Waals surface area contributed by atoms with Crippen molar-refractivity contribution >= 4 is 22.8 Å². The second-order valence-electron chi connectivity index (χ2n) is 6.05. The highest BCUT2D eigenvalue weighted by molar-refractivity contribution is 5.88. The molecule has 1 atom stereocenters. The molecule has 1 saturated heterocycles. The van der Waals surface area contributed by atoms with E-state index in [1.807, 2.05) is 6.92 Å². The molecule has 25 heavy (non-hydrogen) atoms. The molecule has 1 aromatic carbocycles. The van der Waals surface area contributed by atoms with Gasteiger partial charge in [0.25, 0.3) is 0 Å². The summed E-state index contributed by atoms with van der Waals surface area (Å²) in [6.07, 6.45) is 2.34. The van der Waals surface area contributed by atoms with Crippen molar-refractivity contribution in [2.45, 2.75) is 19.4 Å². The van der Waals surface area contributed by atoms with Crippen LogP contribution in [0.5, 0.6) is 5.75 Å². The lowest BCUT2D eigenvalue weighted by molar-refractivity contribution is 0.0696.